The van der Waals surface area contributed by atoms with Gasteiger partial charge in [0, 0.05) is 85.2 Å². The molecule has 1 atom stereocenters. The van der Waals surface area contributed by atoms with Crippen LogP contribution in [0.25, 0.3) is 11.3 Å². The fourth-order valence-corrected chi connectivity index (χ4v) is 6.65. The third-order valence-corrected chi connectivity index (χ3v) is 9.70. The maximum Gasteiger partial charge on any atom is 0.410 e. The van der Waals surface area contributed by atoms with Gasteiger partial charge in [0.1, 0.15) is 5.60 Å². The van der Waals surface area contributed by atoms with Crippen molar-refractivity contribution >= 4 is 39.3 Å². The Morgan fingerprint density at radius 1 is 1.02 bits per heavy atom. The van der Waals surface area contributed by atoms with Crippen molar-refractivity contribution in [3.63, 3.8) is 0 Å². The molecule has 1 N–H and O–H groups in total. The molecule has 46 heavy (non-hydrogen) atoms. The van der Waals surface area contributed by atoms with E-state index >= 15 is 0 Å². The molecule has 0 bridgehead atoms. The second kappa shape index (κ2) is 13.9. The number of benzene rings is 2. The number of halogens is 2. The van der Waals surface area contributed by atoms with Crippen LogP contribution in [0.4, 0.5) is 4.79 Å². The smallest absolute Gasteiger partial charge is 0.410 e. The van der Waals surface area contributed by atoms with Gasteiger partial charge in [0.2, 0.25) is 10.0 Å². The van der Waals surface area contributed by atoms with Gasteiger partial charge < -0.3 is 14.7 Å². The lowest BCUT2D eigenvalue weighted by atomic mass is 10.0. The van der Waals surface area contributed by atoms with Gasteiger partial charge in [0.15, 0.2) is 0 Å². The molecule has 10 nitrogen and oxygen atoms in total. The average Bonchev–Trinajstić information content (AvgIpc) is 3.34. The Balaban J connectivity index is 1.35. The largest absolute Gasteiger partial charge is 0.444 e. The first-order valence-corrected chi connectivity index (χ1v) is 17.8. The minimum Gasteiger partial charge on any atom is -0.444 e. The Morgan fingerprint density at radius 3 is 2.37 bits per heavy atom. The third kappa shape index (κ3) is 8.62. The summed E-state index contributed by atoms with van der Waals surface area (Å²) >= 11 is 12.5. The van der Waals surface area contributed by atoms with Crippen LogP contribution in [0.15, 0.2) is 42.5 Å². The molecule has 3 aromatic rings. The zero-order valence-corrected chi connectivity index (χ0v) is 28.8. The van der Waals surface area contributed by atoms with E-state index in [1.165, 1.54) is 10.6 Å². The molecular weight excluding hydrogens is 649 g/mol. The van der Waals surface area contributed by atoms with Gasteiger partial charge in [0.25, 0.3) is 0 Å². The molecule has 0 aliphatic carbocycles. The van der Waals surface area contributed by atoms with E-state index in [4.69, 9.17) is 33.0 Å². The number of carbonyl (C=O) groups is 1. The third-order valence-electron chi connectivity index (χ3n) is 7.87. The number of sulfonamides is 1. The maximum atomic E-state index is 12.5. The zero-order chi connectivity index (χ0) is 33.2. The number of hydrogen-bond donors (Lipinski definition) is 1. The summed E-state index contributed by atoms with van der Waals surface area (Å²) in [5, 5.41) is 17.2. The second-order valence-electron chi connectivity index (χ2n) is 12.7. The van der Waals surface area contributed by atoms with Crippen LogP contribution in [-0.2, 0) is 34.3 Å². The number of rotatable bonds is 6. The van der Waals surface area contributed by atoms with E-state index in [2.05, 4.69) is 16.7 Å². The summed E-state index contributed by atoms with van der Waals surface area (Å²) in [7, 11) is -3.43. The Labute approximate surface area is 280 Å². The molecule has 5 rings (SSSR count). The maximum absolute atomic E-state index is 12.5. The van der Waals surface area contributed by atoms with Crippen LogP contribution in [0, 0.1) is 11.8 Å². The quantitative estimate of drug-likeness (QED) is 0.381. The van der Waals surface area contributed by atoms with E-state index in [9.17, 15) is 18.3 Å². The SMILES string of the molecule is CC(C)(C)OC(=O)N1CCN(CC(O)Cn2nc(-c3ccc(Cl)c(C#Cc4ccc(Cl)cc4)c3)c3c2CCN(S(C)(=O)=O)C3)CC1. The van der Waals surface area contributed by atoms with Gasteiger partial charge in [-0.1, -0.05) is 41.1 Å². The predicted octanol–water partition coefficient (Wildman–Crippen LogP) is 4.49. The highest BCUT2D eigenvalue weighted by molar-refractivity contribution is 7.88. The molecule has 1 amide bonds. The fourth-order valence-electron chi connectivity index (χ4n) is 5.57. The minimum atomic E-state index is -3.43. The Hall–Kier alpha value is -3.11. The van der Waals surface area contributed by atoms with Crippen molar-refractivity contribution < 1.29 is 23.1 Å². The van der Waals surface area contributed by atoms with Crippen molar-refractivity contribution in [3.05, 3.63) is 74.9 Å². The lowest BCUT2D eigenvalue weighted by Gasteiger charge is -2.36. The van der Waals surface area contributed by atoms with Crippen molar-refractivity contribution in [3.8, 4) is 23.1 Å². The van der Waals surface area contributed by atoms with Gasteiger partial charge in [-0.25, -0.2) is 13.2 Å². The van der Waals surface area contributed by atoms with E-state index in [1.807, 2.05) is 45.0 Å². The molecule has 0 saturated carbocycles. The molecule has 1 fully saturated rings. The summed E-state index contributed by atoms with van der Waals surface area (Å²) in [6.07, 6.45) is 0.617. The first-order chi connectivity index (χ1) is 21.7. The van der Waals surface area contributed by atoms with Crippen LogP contribution in [0.2, 0.25) is 10.0 Å². The van der Waals surface area contributed by atoms with Gasteiger partial charge >= 0.3 is 6.09 Å². The topological polar surface area (TPSA) is 108 Å². The molecule has 2 aliphatic rings. The van der Waals surface area contributed by atoms with Gasteiger partial charge in [-0.2, -0.15) is 9.40 Å². The van der Waals surface area contributed by atoms with E-state index in [-0.39, 0.29) is 19.2 Å². The lowest BCUT2D eigenvalue weighted by Crippen LogP contribution is -2.51. The highest BCUT2D eigenvalue weighted by atomic mass is 35.5. The highest BCUT2D eigenvalue weighted by Crippen LogP contribution is 2.33. The molecule has 1 unspecified atom stereocenters. The summed E-state index contributed by atoms with van der Waals surface area (Å²) in [4.78, 5) is 16.3. The van der Waals surface area contributed by atoms with Crippen LogP contribution >= 0.6 is 23.2 Å². The number of nitrogens with zero attached hydrogens (tertiary/aromatic N) is 5. The number of aliphatic hydroxyl groups excluding tert-OH is 1. The Bertz CT molecular complexity index is 1750. The molecule has 1 aromatic heterocycles. The highest BCUT2D eigenvalue weighted by Gasteiger charge is 2.31. The number of fused-ring (bicyclic) bond motifs is 1. The van der Waals surface area contributed by atoms with Crippen LogP contribution in [0.1, 0.15) is 43.2 Å². The molecule has 1 saturated heterocycles. The normalized spacial score (nSPS) is 16.8. The minimum absolute atomic E-state index is 0.181. The molecule has 2 aromatic carbocycles. The van der Waals surface area contributed by atoms with Crippen molar-refractivity contribution in [1.29, 1.82) is 0 Å². The first kappa shape index (κ1) is 34.2. The second-order valence-corrected chi connectivity index (χ2v) is 15.5. The molecular formula is C33H39Cl2N5O5S. The van der Waals surface area contributed by atoms with Gasteiger partial charge in [-0.05, 0) is 57.2 Å². The predicted molar refractivity (Wildman–Crippen MR) is 179 cm³/mol. The summed E-state index contributed by atoms with van der Waals surface area (Å²) in [6.45, 7) is 8.97. The monoisotopic (exact) mass is 687 g/mol. The molecule has 0 radical (unpaired) electrons. The summed E-state index contributed by atoms with van der Waals surface area (Å²) in [6, 6.07) is 12.7. The summed E-state index contributed by atoms with van der Waals surface area (Å²) < 4.78 is 33.7. The number of hydrogen-bond acceptors (Lipinski definition) is 7. The molecule has 0 spiro atoms. The van der Waals surface area contributed by atoms with Crippen LogP contribution in [0.3, 0.4) is 0 Å². The average molecular weight is 689 g/mol. The van der Waals surface area contributed by atoms with E-state index in [0.717, 1.165) is 22.4 Å². The standard InChI is InChI=1S/C33H39Cl2N5O5S/c1-33(2,3)45-32(42)38-17-15-37(16-18-38)20-27(41)21-40-30-13-14-39(46(4,43)44)22-28(30)31(36-40)25-9-12-29(35)24(19-25)8-5-23-6-10-26(34)11-7-23/h6-7,9-12,19,27,41H,13-18,20-22H2,1-4H3. The van der Waals surface area contributed by atoms with Gasteiger partial charge in [0.05, 0.1) is 29.6 Å². The van der Waals surface area contributed by atoms with Gasteiger partial charge in [-0.3, -0.25) is 9.58 Å². The zero-order valence-electron chi connectivity index (χ0n) is 26.5. The number of aromatic nitrogens is 2. The van der Waals surface area contributed by atoms with E-state index in [0.29, 0.717) is 67.0 Å². The van der Waals surface area contributed by atoms with Crippen LogP contribution in [-0.4, -0.2) is 101 Å². The first-order valence-electron chi connectivity index (χ1n) is 15.2. The van der Waals surface area contributed by atoms with E-state index in [1.54, 1.807) is 27.8 Å². The number of carbonyl (C=O) groups excluding carboxylic acids is 1. The summed E-state index contributed by atoms with van der Waals surface area (Å²) in [5.41, 5.74) is 3.93. The fraction of sp³-hybridized carbons (Fsp3) is 0.455. The van der Waals surface area contributed by atoms with Crippen molar-refractivity contribution in [1.82, 2.24) is 23.9 Å². The number of amides is 1. The van der Waals surface area contributed by atoms with Crippen molar-refractivity contribution in [2.75, 3.05) is 45.5 Å². The summed E-state index contributed by atoms with van der Waals surface area (Å²) in [5.74, 6) is 6.25. The van der Waals surface area contributed by atoms with Crippen LogP contribution < -0.4 is 0 Å². The number of β-amino-alcohol motifs (C(OH)–C–C–N with tert-alkyl or cyclic N) is 1. The molecule has 13 heteroatoms. The van der Waals surface area contributed by atoms with Crippen molar-refractivity contribution in [2.45, 2.75) is 52.0 Å². The van der Waals surface area contributed by atoms with Gasteiger partial charge in [-0.15, -0.1) is 0 Å². The number of aliphatic hydroxyl groups is 1. The number of ether oxygens (including phenoxy) is 1. The molecule has 3 heterocycles. The van der Waals surface area contributed by atoms with Crippen LogP contribution in [0.5, 0.6) is 0 Å². The molecule has 2 aliphatic heterocycles. The Morgan fingerprint density at radius 2 is 1.72 bits per heavy atom. The number of piperazine rings is 1. The lowest BCUT2D eigenvalue weighted by molar-refractivity contribution is 0.00913. The van der Waals surface area contributed by atoms with E-state index < -0.39 is 21.7 Å². The Kier molecular flexibility index (Phi) is 10.4. The van der Waals surface area contributed by atoms with Crippen molar-refractivity contribution in [2.24, 2.45) is 0 Å². The molecule has 246 valence electrons.